The smallest absolute Gasteiger partial charge is 0.341 e. The molecule has 0 aliphatic carbocycles. The van der Waals surface area contributed by atoms with Crippen LogP contribution in [0.25, 0.3) is 16.7 Å². The van der Waals surface area contributed by atoms with Crippen LogP contribution in [0.5, 0.6) is 0 Å². The number of aryl methyl sites for hydroxylation is 1. The number of nitrogens with zero attached hydrogens (tertiary/aromatic N) is 5. The van der Waals surface area contributed by atoms with Gasteiger partial charge in [0.1, 0.15) is 11.1 Å². The van der Waals surface area contributed by atoms with Crippen molar-refractivity contribution in [3.63, 3.8) is 0 Å². The number of benzene rings is 1. The predicted molar refractivity (Wildman–Crippen MR) is 73.9 cm³/mol. The molecule has 9 heteroatoms. The standard InChI is InChI=1S/C12H8ClN5O3/c1-17-10(8(5-14-17)12(20)21)18-11(19)7-3-2-6(13)4-9(7)15-16-18/h2-5H,1H3,(H,20,21). The van der Waals surface area contributed by atoms with Gasteiger partial charge in [-0.2, -0.15) is 9.78 Å². The molecule has 0 unspecified atom stereocenters. The molecule has 0 saturated carbocycles. The van der Waals surface area contributed by atoms with Crippen molar-refractivity contribution in [3.05, 3.63) is 45.3 Å². The van der Waals surface area contributed by atoms with Gasteiger partial charge in [-0.3, -0.25) is 9.48 Å². The van der Waals surface area contributed by atoms with Crippen LogP contribution >= 0.6 is 11.6 Å². The summed E-state index contributed by atoms with van der Waals surface area (Å²) in [5.74, 6) is -1.17. The topological polar surface area (TPSA) is 103 Å². The third-order valence-electron chi connectivity index (χ3n) is 2.96. The normalized spacial score (nSPS) is 11.0. The highest BCUT2D eigenvalue weighted by atomic mass is 35.5. The lowest BCUT2D eigenvalue weighted by atomic mass is 10.2. The van der Waals surface area contributed by atoms with Crippen molar-refractivity contribution in [2.75, 3.05) is 0 Å². The quantitative estimate of drug-likeness (QED) is 0.753. The Morgan fingerprint density at radius 2 is 2.14 bits per heavy atom. The molecule has 1 aromatic carbocycles. The highest BCUT2D eigenvalue weighted by molar-refractivity contribution is 6.31. The van der Waals surface area contributed by atoms with E-state index in [2.05, 4.69) is 15.4 Å². The summed E-state index contributed by atoms with van der Waals surface area (Å²) in [5, 5.41) is 21.4. The molecule has 0 fully saturated rings. The molecular formula is C12H8ClN5O3. The molecule has 3 rings (SSSR count). The van der Waals surface area contributed by atoms with Gasteiger partial charge >= 0.3 is 5.97 Å². The second kappa shape index (κ2) is 4.67. The lowest BCUT2D eigenvalue weighted by Gasteiger charge is -2.06. The lowest BCUT2D eigenvalue weighted by molar-refractivity contribution is 0.0696. The average molecular weight is 306 g/mol. The Labute approximate surface area is 122 Å². The van der Waals surface area contributed by atoms with E-state index in [1.807, 2.05) is 0 Å². The van der Waals surface area contributed by atoms with E-state index < -0.39 is 11.5 Å². The Morgan fingerprint density at radius 1 is 1.38 bits per heavy atom. The first-order valence-electron chi connectivity index (χ1n) is 5.80. The fourth-order valence-corrected chi connectivity index (χ4v) is 2.15. The van der Waals surface area contributed by atoms with Crippen molar-refractivity contribution in [1.82, 2.24) is 24.8 Å². The number of carbonyl (C=O) groups is 1. The lowest BCUT2D eigenvalue weighted by Crippen LogP contribution is -2.26. The van der Waals surface area contributed by atoms with Crippen molar-refractivity contribution in [2.24, 2.45) is 7.05 Å². The highest BCUT2D eigenvalue weighted by Gasteiger charge is 2.20. The molecule has 8 nitrogen and oxygen atoms in total. The van der Waals surface area contributed by atoms with E-state index in [-0.39, 0.29) is 16.8 Å². The van der Waals surface area contributed by atoms with E-state index in [1.165, 1.54) is 23.9 Å². The van der Waals surface area contributed by atoms with Crippen LogP contribution in [0.3, 0.4) is 0 Å². The zero-order valence-electron chi connectivity index (χ0n) is 10.7. The summed E-state index contributed by atoms with van der Waals surface area (Å²) in [6, 6.07) is 4.58. The molecule has 0 aliphatic rings. The molecule has 2 aromatic heterocycles. The van der Waals surface area contributed by atoms with Gasteiger partial charge in [0.05, 0.1) is 11.6 Å². The maximum atomic E-state index is 12.4. The summed E-state index contributed by atoms with van der Waals surface area (Å²) in [6.07, 6.45) is 1.15. The molecule has 0 bridgehead atoms. The van der Waals surface area contributed by atoms with Crippen molar-refractivity contribution in [1.29, 1.82) is 0 Å². The van der Waals surface area contributed by atoms with Crippen LogP contribution in [0.1, 0.15) is 10.4 Å². The fraction of sp³-hybridized carbons (Fsp3) is 0.0833. The molecule has 2 heterocycles. The number of fused-ring (bicyclic) bond motifs is 1. The summed E-state index contributed by atoms with van der Waals surface area (Å²) in [4.78, 5) is 23.6. The van der Waals surface area contributed by atoms with E-state index in [4.69, 9.17) is 16.7 Å². The average Bonchev–Trinajstić information content (AvgIpc) is 2.81. The zero-order valence-corrected chi connectivity index (χ0v) is 11.4. The number of rotatable bonds is 2. The molecule has 0 saturated heterocycles. The summed E-state index contributed by atoms with van der Waals surface area (Å²) in [6.45, 7) is 0. The Hall–Kier alpha value is -2.74. The van der Waals surface area contributed by atoms with Crippen LogP contribution in [0.15, 0.2) is 29.2 Å². The zero-order chi connectivity index (χ0) is 15.1. The van der Waals surface area contributed by atoms with Crippen LogP contribution in [0, 0.1) is 0 Å². The van der Waals surface area contributed by atoms with Gasteiger partial charge in [0.2, 0.25) is 0 Å². The number of hydrogen-bond donors (Lipinski definition) is 1. The van der Waals surface area contributed by atoms with Gasteiger partial charge < -0.3 is 5.11 Å². The fourth-order valence-electron chi connectivity index (χ4n) is 1.99. The van der Waals surface area contributed by atoms with E-state index in [9.17, 15) is 9.59 Å². The highest BCUT2D eigenvalue weighted by Crippen LogP contribution is 2.15. The molecule has 21 heavy (non-hydrogen) atoms. The Kier molecular flexibility index (Phi) is 2.95. The van der Waals surface area contributed by atoms with Gasteiger partial charge in [0.25, 0.3) is 5.56 Å². The summed E-state index contributed by atoms with van der Waals surface area (Å²) in [7, 11) is 1.52. The van der Waals surface area contributed by atoms with Gasteiger partial charge in [-0.25, -0.2) is 4.79 Å². The van der Waals surface area contributed by atoms with Crippen molar-refractivity contribution < 1.29 is 9.90 Å². The van der Waals surface area contributed by atoms with Crippen LogP contribution in [0.4, 0.5) is 0 Å². The molecule has 0 spiro atoms. The van der Waals surface area contributed by atoms with Gasteiger partial charge in [-0.1, -0.05) is 16.8 Å². The minimum atomic E-state index is -1.21. The molecule has 0 aliphatic heterocycles. The summed E-state index contributed by atoms with van der Waals surface area (Å²) in [5.41, 5.74) is -0.298. The number of halogens is 1. The molecule has 0 radical (unpaired) electrons. The van der Waals surface area contributed by atoms with Gasteiger partial charge in [0.15, 0.2) is 5.82 Å². The van der Waals surface area contributed by atoms with Crippen LogP contribution in [0.2, 0.25) is 5.02 Å². The largest absolute Gasteiger partial charge is 0.477 e. The van der Waals surface area contributed by atoms with Crippen LogP contribution < -0.4 is 5.56 Å². The molecule has 1 N–H and O–H groups in total. The molecule has 0 amide bonds. The first-order valence-corrected chi connectivity index (χ1v) is 6.18. The van der Waals surface area contributed by atoms with E-state index in [0.717, 1.165) is 10.9 Å². The Balaban J connectivity index is 2.35. The number of aromatic nitrogens is 5. The summed E-state index contributed by atoms with van der Waals surface area (Å²) < 4.78 is 2.16. The first-order chi connectivity index (χ1) is 9.99. The Bertz CT molecular complexity index is 930. The van der Waals surface area contributed by atoms with Crippen molar-refractivity contribution in [3.8, 4) is 5.82 Å². The monoisotopic (exact) mass is 305 g/mol. The predicted octanol–water partition coefficient (Wildman–Crippen LogP) is 0.866. The number of aromatic carboxylic acids is 1. The van der Waals surface area contributed by atoms with Crippen LogP contribution in [-0.4, -0.2) is 35.9 Å². The summed E-state index contributed by atoms with van der Waals surface area (Å²) >= 11 is 5.83. The maximum absolute atomic E-state index is 12.4. The SMILES string of the molecule is Cn1ncc(C(=O)O)c1-n1nnc2cc(Cl)ccc2c1=O. The van der Waals surface area contributed by atoms with Gasteiger partial charge in [-0.15, -0.1) is 5.10 Å². The molecule has 3 aromatic rings. The second-order valence-corrected chi connectivity index (χ2v) is 4.71. The molecular weight excluding hydrogens is 298 g/mol. The van der Waals surface area contributed by atoms with Crippen molar-refractivity contribution in [2.45, 2.75) is 0 Å². The molecule has 106 valence electrons. The van der Waals surface area contributed by atoms with Gasteiger partial charge in [-0.05, 0) is 18.2 Å². The van der Waals surface area contributed by atoms with E-state index in [1.54, 1.807) is 6.07 Å². The second-order valence-electron chi connectivity index (χ2n) is 4.28. The van der Waals surface area contributed by atoms with Crippen LogP contribution in [-0.2, 0) is 7.05 Å². The van der Waals surface area contributed by atoms with Crippen molar-refractivity contribution >= 4 is 28.5 Å². The van der Waals surface area contributed by atoms with E-state index in [0.29, 0.717) is 10.5 Å². The van der Waals surface area contributed by atoms with E-state index >= 15 is 0 Å². The minimum Gasteiger partial charge on any atom is -0.477 e. The Morgan fingerprint density at radius 3 is 2.86 bits per heavy atom. The third kappa shape index (κ3) is 2.05. The third-order valence-corrected chi connectivity index (χ3v) is 3.20. The maximum Gasteiger partial charge on any atom is 0.341 e. The minimum absolute atomic E-state index is 0.0388. The number of carboxylic acid groups (broad SMARTS) is 1. The number of hydrogen-bond acceptors (Lipinski definition) is 5. The molecule has 0 atom stereocenters. The first kappa shape index (κ1) is 13.3. The number of carboxylic acids is 1. The van der Waals surface area contributed by atoms with Gasteiger partial charge in [0, 0.05) is 12.1 Å².